The highest BCUT2D eigenvalue weighted by Crippen LogP contribution is 2.27. The summed E-state index contributed by atoms with van der Waals surface area (Å²) in [5, 5.41) is 2.07. The van der Waals surface area contributed by atoms with Gasteiger partial charge in [0.2, 0.25) is 0 Å². The molecule has 0 saturated heterocycles. The number of aryl methyl sites for hydroxylation is 1. The molecule has 74 valence electrons. The van der Waals surface area contributed by atoms with Crippen LogP contribution in [0.2, 0.25) is 0 Å². The molecule has 1 aliphatic carbocycles. The van der Waals surface area contributed by atoms with Gasteiger partial charge in [-0.3, -0.25) is 0 Å². The summed E-state index contributed by atoms with van der Waals surface area (Å²) in [7, 11) is 1.43. The van der Waals surface area contributed by atoms with Gasteiger partial charge in [-0.15, -0.1) is 11.3 Å². The molecule has 0 aliphatic heterocycles. The van der Waals surface area contributed by atoms with Crippen LogP contribution in [0.3, 0.4) is 0 Å². The summed E-state index contributed by atoms with van der Waals surface area (Å²) in [4.78, 5) is 12.7. The second-order valence-corrected chi connectivity index (χ2v) is 4.31. The van der Waals surface area contributed by atoms with Gasteiger partial charge < -0.3 is 4.74 Å². The fourth-order valence-electron chi connectivity index (χ4n) is 1.67. The number of carbonyl (C=O) groups is 1. The van der Waals surface area contributed by atoms with Gasteiger partial charge in [0.15, 0.2) is 0 Å². The van der Waals surface area contributed by atoms with E-state index in [1.807, 2.05) is 6.08 Å². The maximum Gasteiger partial charge on any atom is 0.333 e. The lowest BCUT2D eigenvalue weighted by Gasteiger charge is -2.01. The molecule has 0 atom stereocenters. The summed E-state index contributed by atoms with van der Waals surface area (Å²) < 4.78 is 4.73. The standard InChI is InChI=1S/C11H12O2S/c1-13-11(12)9-3-2-4-10-8(7-9)5-6-14-10/h5-7H,2-4H2,1H3. The average molecular weight is 208 g/mol. The average Bonchev–Trinajstić information content (AvgIpc) is 2.54. The van der Waals surface area contributed by atoms with Crippen LogP contribution in [0.25, 0.3) is 6.08 Å². The Morgan fingerprint density at radius 3 is 3.14 bits per heavy atom. The first-order valence-electron chi connectivity index (χ1n) is 4.66. The Labute approximate surface area is 87.2 Å². The first-order valence-corrected chi connectivity index (χ1v) is 5.54. The Hall–Kier alpha value is -1.09. The SMILES string of the molecule is COC(=O)C1=Cc2ccsc2CCC1. The molecule has 1 aliphatic rings. The van der Waals surface area contributed by atoms with E-state index in [0.717, 1.165) is 24.8 Å². The topological polar surface area (TPSA) is 26.3 Å². The number of methoxy groups -OCH3 is 1. The highest BCUT2D eigenvalue weighted by atomic mass is 32.1. The van der Waals surface area contributed by atoms with Crippen LogP contribution in [0.1, 0.15) is 23.3 Å². The molecule has 0 unspecified atom stereocenters. The number of ether oxygens (including phenoxy) is 1. The zero-order chi connectivity index (χ0) is 9.97. The Morgan fingerprint density at radius 1 is 1.50 bits per heavy atom. The first-order chi connectivity index (χ1) is 6.81. The molecule has 3 heteroatoms. The van der Waals surface area contributed by atoms with Crippen LogP contribution in [-0.4, -0.2) is 13.1 Å². The minimum Gasteiger partial charge on any atom is -0.466 e. The van der Waals surface area contributed by atoms with Crippen LogP contribution >= 0.6 is 11.3 Å². The van der Waals surface area contributed by atoms with E-state index in [0.29, 0.717) is 0 Å². The molecule has 0 bridgehead atoms. The number of hydrogen-bond donors (Lipinski definition) is 0. The molecule has 0 fully saturated rings. The van der Waals surface area contributed by atoms with Crippen molar-refractivity contribution in [1.29, 1.82) is 0 Å². The van der Waals surface area contributed by atoms with E-state index in [9.17, 15) is 4.79 Å². The van der Waals surface area contributed by atoms with Gasteiger partial charge in [0, 0.05) is 10.5 Å². The third-order valence-corrected chi connectivity index (χ3v) is 3.40. The fraction of sp³-hybridized carbons (Fsp3) is 0.364. The van der Waals surface area contributed by atoms with Crippen LogP contribution in [0, 0.1) is 0 Å². The normalized spacial score (nSPS) is 15.4. The third kappa shape index (κ3) is 1.73. The summed E-state index contributed by atoms with van der Waals surface area (Å²) in [6.07, 6.45) is 4.90. The summed E-state index contributed by atoms with van der Waals surface area (Å²) >= 11 is 1.76. The second-order valence-electron chi connectivity index (χ2n) is 3.31. The molecule has 1 aromatic rings. The van der Waals surface area contributed by atoms with E-state index in [1.54, 1.807) is 11.3 Å². The lowest BCUT2D eigenvalue weighted by atomic mass is 10.1. The highest BCUT2D eigenvalue weighted by Gasteiger charge is 2.15. The van der Waals surface area contributed by atoms with Crippen LogP contribution in [0.5, 0.6) is 0 Å². The predicted octanol–water partition coefficient (Wildman–Crippen LogP) is 2.64. The lowest BCUT2D eigenvalue weighted by molar-refractivity contribution is -0.136. The van der Waals surface area contributed by atoms with E-state index in [1.165, 1.54) is 17.6 Å². The maximum atomic E-state index is 11.4. The third-order valence-electron chi connectivity index (χ3n) is 2.41. The van der Waals surface area contributed by atoms with E-state index in [-0.39, 0.29) is 5.97 Å². The van der Waals surface area contributed by atoms with E-state index < -0.39 is 0 Å². The maximum absolute atomic E-state index is 11.4. The van der Waals surface area contributed by atoms with Crippen LogP contribution < -0.4 is 0 Å². The summed E-state index contributed by atoms with van der Waals surface area (Å²) in [5.41, 5.74) is 1.98. The first kappa shape index (κ1) is 9.46. The number of hydrogen-bond acceptors (Lipinski definition) is 3. The van der Waals surface area contributed by atoms with Crippen molar-refractivity contribution < 1.29 is 9.53 Å². The van der Waals surface area contributed by atoms with Gasteiger partial charge in [0.05, 0.1) is 7.11 Å². The zero-order valence-electron chi connectivity index (χ0n) is 8.08. The Bertz CT molecular complexity index is 376. The molecule has 14 heavy (non-hydrogen) atoms. The molecule has 0 spiro atoms. The molecule has 0 amide bonds. The Morgan fingerprint density at radius 2 is 2.36 bits per heavy atom. The van der Waals surface area contributed by atoms with Crippen molar-refractivity contribution in [1.82, 2.24) is 0 Å². The predicted molar refractivity (Wildman–Crippen MR) is 57.3 cm³/mol. The van der Waals surface area contributed by atoms with Gasteiger partial charge in [0.1, 0.15) is 0 Å². The highest BCUT2D eigenvalue weighted by molar-refractivity contribution is 7.10. The quantitative estimate of drug-likeness (QED) is 0.663. The minimum atomic E-state index is -0.191. The van der Waals surface area contributed by atoms with Crippen LogP contribution in [-0.2, 0) is 16.0 Å². The lowest BCUT2D eigenvalue weighted by Crippen LogP contribution is -2.03. The van der Waals surface area contributed by atoms with Gasteiger partial charge in [-0.2, -0.15) is 0 Å². The van der Waals surface area contributed by atoms with Gasteiger partial charge in [0.25, 0.3) is 0 Å². The molecule has 1 aromatic heterocycles. The van der Waals surface area contributed by atoms with Crippen molar-refractivity contribution in [2.45, 2.75) is 19.3 Å². The Balaban J connectivity index is 2.33. The number of esters is 1. The summed E-state index contributed by atoms with van der Waals surface area (Å²) in [6, 6.07) is 2.06. The van der Waals surface area contributed by atoms with Crippen molar-refractivity contribution in [3.05, 3.63) is 27.5 Å². The van der Waals surface area contributed by atoms with Crippen LogP contribution in [0.4, 0.5) is 0 Å². The van der Waals surface area contributed by atoms with Crippen molar-refractivity contribution >= 4 is 23.4 Å². The van der Waals surface area contributed by atoms with Gasteiger partial charge in [-0.1, -0.05) is 0 Å². The molecule has 0 N–H and O–H groups in total. The largest absolute Gasteiger partial charge is 0.466 e. The smallest absolute Gasteiger partial charge is 0.333 e. The number of fused-ring (bicyclic) bond motifs is 1. The molecule has 2 nitrogen and oxygen atoms in total. The summed E-state index contributed by atoms with van der Waals surface area (Å²) in [5.74, 6) is -0.191. The fourth-order valence-corrected chi connectivity index (χ4v) is 2.58. The number of thiophene rings is 1. The van der Waals surface area contributed by atoms with E-state index >= 15 is 0 Å². The zero-order valence-corrected chi connectivity index (χ0v) is 8.89. The molecule has 0 radical (unpaired) electrons. The molecule has 0 saturated carbocycles. The van der Waals surface area contributed by atoms with Crippen molar-refractivity contribution in [2.75, 3.05) is 7.11 Å². The molecular weight excluding hydrogens is 196 g/mol. The second kappa shape index (κ2) is 3.96. The molecular formula is C11H12O2S. The van der Waals surface area contributed by atoms with Gasteiger partial charge in [-0.25, -0.2) is 4.79 Å². The molecule has 2 rings (SSSR count). The molecule has 0 aromatic carbocycles. The monoisotopic (exact) mass is 208 g/mol. The van der Waals surface area contributed by atoms with E-state index in [4.69, 9.17) is 4.74 Å². The Kier molecular flexibility index (Phi) is 2.68. The van der Waals surface area contributed by atoms with Crippen LogP contribution in [0.15, 0.2) is 17.0 Å². The summed E-state index contributed by atoms with van der Waals surface area (Å²) in [6.45, 7) is 0. The van der Waals surface area contributed by atoms with E-state index in [2.05, 4.69) is 11.4 Å². The van der Waals surface area contributed by atoms with Gasteiger partial charge >= 0.3 is 5.97 Å². The molecule has 1 heterocycles. The number of carbonyl (C=O) groups excluding carboxylic acids is 1. The van der Waals surface area contributed by atoms with Gasteiger partial charge in [-0.05, 0) is 42.3 Å². The number of rotatable bonds is 1. The van der Waals surface area contributed by atoms with Crippen molar-refractivity contribution in [2.24, 2.45) is 0 Å². The minimum absolute atomic E-state index is 0.191. The van der Waals surface area contributed by atoms with Crippen molar-refractivity contribution in [3.8, 4) is 0 Å². The van der Waals surface area contributed by atoms with Crippen molar-refractivity contribution in [3.63, 3.8) is 0 Å².